The number of hydrogen-bond acceptors (Lipinski definition) is 2. The van der Waals surface area contributed by atoms with Gasteiger partial charge in [0, 0.05) is 0 Å². The molecule has 0 unspecified atom stereocenters. The second-order valence-electron chi connectivity index (χ2n) is 1.03. The van der Waals surface area contributed by atoms with Crippen molar-refractivity contribution >= 4 is 64.1 Å². The molecule has 12 heavy (non-hydrogen) atoms. The van der Waals surface area contributed by atoms with E-state index < -0.39 is 15.6 Å². The molecule has 0 aromatic carbocycles. The summed E-state index contributed by atoms with van der Waals surface area (Å²) in [7, 11) is -9.28. The average molecular weight is 228 g/mol. The van der Waals surface area contributed by atoms with Gasteiger partial charge in [0.1, 0.15) is 0 Å². The fraction of sp³-hybridized carbons (Fsp3) is 0. The monoisotopic (exact) mass is 228 g/mol. The van der Waals surface area contributed by atoms with Crippen molar-refractivity contribution in [3.63, 3.8) is 0 Å². The topological polar surface area (TPSA) is 156 Å². The summed E-state index contributed by atoms with van der Waals surface area (Å²) in [6.07, 6.45) is 0. The van der Waals surface area contributed by atoms with Crippen LogP contribution in [0.25, 0.3) is 0 Å². The molecule has 0 saturated carbocycles. The molecular formula is H8LiNaO8P2. The van der Waals surface area contributed by atoms with Gasteiger partial charge in [-0.15, -0.1) is 0 Å². The van der Waals surface area contributed by atoms with Crippen molar-refractivity contribution in [2.45, 2.75) is 0 Å². The van der Waals surface area contributed by atoms with E-state index in [0.717, 1.165) is 0 Å². The van der Waals surface area contributed by atoms with Crippen LogP contribution in [0.4, 0.5) is 0 Å². The van der Waals surface area contributed by atoms with Gasteiger partial charge in [0.05, 0.1) is 0 Å². The third kappa shape index (κ3) is 419. The molecule has 0 fully saturated rings. The van der Waals surface area contributed by atoms with Gasteiger partial charge >= 0.3 is 64.1 Å². The van der Waals surface area contributed by atoms with Crippen molar-refractivity contribution in [2.75, 3.05) is 0 Å². The third-order valence-electron chi connectivity index (χ3n) is 0. The van der Waals surface area contributed by atoms with E-state index in [4.69, 9.17) is 38.5 Å². The van der Waals surface area contributed by atoms with E-state index in [1.54, 1.807) is 0 Å². The van der Waals surface area contributed by atoms with Crippen LogP contribution in [0, 0.1) is 0 Å². The summed E-state index contributed by atoms with van der Waals surface area (Å²) in [5, 5.41) is 0. The minimum absolute atomic E-state index is 0. The molecule has 12 heteroatoms. The fourth-order valence-corrected chi connectivity index (χ4v) is 0. The molecule has 0 aliphatic carbocycles. The van der Waals surface area contributed by atoms with Gasteiger partial charge in [-0.1, -0.05) is 0 Å². The average Bonchev–Trinajstić information content (AvgIpc) is 1.12. The molecule has 0 atom stereocenters. The van der Waals surface area contributed by atoms with Gasteiger partial charge in [0.15, 0.2) is 0 Å². The summed E-state index contributed by atoms with van der Waals surface area (Å²) in [5.41, 5.74) is 0. The molecule has 0 radical (unpaired) electrons. The molecule has 0 heterocycles. The fourth-order valence-electron chi connectivity index (χ4n) is 0. The van der Waals surface area contributed by atoms with Gasteiger partial charge in [-0.3, -0.25) is 0 Å². The molecule has 0 aromatic rings. The Morgan fingerprint density at radius 2 is 0.667 bits per heavy atom. The van der Waals surface area contributed by atoms with Gasteiger partial charge < -0.3 is 29.4 Å². The second kappa shape index (κ2) is 9.38. The van der Waals surface area contributed by atoms with Crippen LogP contribution in [0.3, 0.4) is 0 Å². The van der Waals surface area contributed by atoms with Gasteiger partial charge in [0.25, 0.3) is 0 Å². The van der Waals surface area contributed by atoms with Gasteiger partial charge in [-0.25, -0.2) is 9.13 Å². The third-order valence-corrected chi connectivity index (χ3v) is 0. The van der Waals surface area contributed by atoms with Crippen LogP contribution < -0.4 is 0 Å². The summed E-state index contributed by atoms with van der Waals surface area (Å²) in [6, 6.07) is 0. The maximum atomic E-state index is 8.88. The predicted molar refractivity (Wildman–Crippen MR) is 42.8 cm³/mol. The number of phosphoric acid groups is 2. The van der Waals surface area contributed by atoms with E-state index in [-0.39, 0.29) is 48.4 Å². The van der Waals surface area contributed by atoms with Crippen LogP contribution in [-0.4, -0.2) is 77.8 Å². The molecular weight excluding hydrogens is 220 g/mol. The van der Waals surface area contributed by atoms with Crippen molar-refractivity contribution < 1.29 is 38.5 Å². The molecule has 0 spiro atoms. The molecule has 0 bridgehead atoms. The Balaban J connectivity index is -0.0000000457. The zero-order chi connectivity index (χ0) is 9.00. The first-order valence-electron chi connectivity index (χ1n) is 1.57. The van der Waals surface area contributed by atoms with Crippen molar-refractivity contribution in [1.82, 2.24) is 0 Å². The SMILES string of the molecule is O=P(O)(O)O.O=P(O)(O)O.[LiH].[NaH]. The Morgan fingerprint density at radius 3 is 0.667 bits per heavy atom. The second-order valence-corrected chi connectivity index (χ2v) is 3.08. The predicted octanol–water partition coefficient (Wildman–Crippen LogP) is -3.15. The molecule has 6 N–H and O–H groups in total. The molecule has 0 aliphatic heterocycles. The first kappa shape index (κ1) is 23.6. The van der Waals surface area contributed by atoms with E-state index in [1.807, 2.05) is 0 Å². The van der Waals surface area contributed by atoms with E-state index in [1.165, 1.54) is 0 Å². The summed E-state index contributed by atoms with van der Waals surface area (Å²) in [5.74, 6) is 0. The van der Waals surface area contributed by atoms with E-state index in [2.05, 4.69) is 0 Å². The van der Waals surface area contributed by atoms with Crippen molar-refractivity contribution in [3.8, 4) is 0 Å². The molecule has 0 aliphatic rings. The molecule has 8 nitrogen and oxygen atoms in total. The van der Waals surface area contributed by atoms with Crippen LogP contribution >= 0.6 is 15.6 Å². The minimum atomic E-state index is -4.64. The normalized spacial score (nSPS) is 9.83. The molecule has 0 rings (SSSR count). The molecule has 68 valence electrons. The zero-order valence-corrected chi connectivity index (χ0v) is 6.18. The molecule has 0 saturated heterocycles. The van der Waals surface area contributed by atoms with Crippen molar-refractivity contribution in [2.24, 2.45) is 0 Å². The van der Waals surface area contributed by atoms with Crippen molar-refractivity contribution in [1.29, 1.82) is 0 Å². The zero-order valence-electron chi connectivity index (χ0n) is 4.39. The van der Waals surface area contributed by atoms with Gasteiger partial charge in [-0.2, -0.15) is 0 Å². The summed E-state index contributed by atoms with van der Waals surface area (Å²) in [4.78, 5) is 43.1. The number of rotatable bonds is 0. The standard InChI is InChI=1S/Li.Na.2H3O4P.2H/c;;2*1-5(2,3)4;;/h;;2*(H3,1,2,3,4);;. The van der Waals surface area contributed by atoms with Crippen LogP contribution in [0.1, 0.15) is 0 Å². The maximum absolute atomic E-state index is 8.88. The van der Waals surface area contributed by atoms with E-state index in [0.29, 0.717) is 0 Å². The van der Waals surface area contributed by atoms with Crippen LogP contribution in [0.15, 0.2) is 0 Å². The van der Waals surface area contributed by atoms with E-state index >= 15 is 0 Å². The van der Waals surface area contributed by atoms with Gasteiger partial charge in [0.2, 0.25) is 0 Å². The van der Waals surface area contributed by atoms with Crippen LogP contribution in [0.2, 0.25) is 0 Å². The first-order valence-corrected chi connectivity index (χ1v) is 4.70. The molecule has 0 amide bonds. The van der Waals surface area contributed by atoms with Crippen molar-refractivity contribution in [3.05, 3.63) is 0 Å². The molecule has 0 aromatic heterocycles. The summed E-state index contributed by atoms with van der Waals surface area (Å²) >= 11 is 0. The van der Waals surface area contributed by atoms with Crippen LogP contribution in [0.5, 0.6) is 0 Å². The number of hydrogen-bond donors (Lipinski definition) is 6. The van der Waals surface area contributed by atoms with E-state index in [9.17, 15) is 0 Å². The summed E-state index contributed by atoms with van der Waals surface area (Å²) < 4.78 is 17.8. The first-order chi connectivity index (χ1) is 4.00. The Morgan fingerprint density at radius 1 is 0.667 bits per heavy atom. The Hall–Kier alpha value is 1.82. The quantitative estimate of drug-likeness (QED) is 0.187. The Bertz CT molecular complexity index is 129. The Labute approximate surface area is 102 Å². The Kier molecular flexibility index (Phi) is 18.4. The summed E-state index contributed by atoms with van der Waals surface area (Å²) in [6.45, 7) is 0. The van der Waals surface area contributed by atoms with Crippen LogP contribution in [-0.2, 0) is 9.13 Å². The van der Waals surface area contributed by atoms with Gasteiger partial charge in [-0.05, 0) is 0 Å².